The molecule has 0 unspecified atom stereocenters. The third kappa shape index (κ3) is 6.33. The number of likely N-dealkylation sites (tertiary alicyclic amines) is 1. The predicted molar refractivity (Wildman–Crippen MR) is 145 cm³/mol. The Balaban J connectivity index is 1.48. The zero-order chi connectivity index (χ0) is 25.7. The van der Waals surface area contributed by atoms with Crippen LogP contribution < -0.4 is 10.0 Å². The number of hydrogen-bond acceptors (Lipinski definition) is 4. The fraction of sp³-hybridized carbons (Fsp3) is 0.345. The second-order valence-corrected chi connectivity index (χ2v) is 11.3. The molecule has 0 aromatic heterocycles. The monoisotopic (exact) mass is 505 g/mol. The molecule has 6 nitrogen and oxygen atoms in total. The van der Waals surface area contributed by atoms with Crippen molar-refractivity contribution >= 4 is 21.6 Å². The Morgan fingerprint density at radius 2 is 1.56 bits per heavy atom. The maximum atomic E-state index is 13.2. The van der Waals surface area contributed by atoms with E-state index >= 15 is 0 Å². The third-order valence-corrected chi connectivity index (χ3v) is 8.29. The van der Waals surface area contributed by atoms with E-state index in [4.69, 9.17) is 0 Å². The summed E-state index contributed by atoms with van der Waals surface area (Å²) in [6.07, 6.45) is 3.76. The largest absolute Gasteiger partial charge is 0.348 e. The standard InChI is InChI=1S/C29H35N3O3S/c1-21-11-12-22(2)27(17-21)31-36(34,35)28-18-24(14-13-23(28)3)29(33)30-19-25-9-5-6-10-26(25)20-32-15-7-4-8-16-32/h5-6,9-14,17-18,31H,4,7-8,15-16,19-20H2,1-3H3,(H,30,33). The predicted octanol–water partition coefficient (Wildman–Crippen LogP) is 5.33. The molecule has 1 fully saturated rings. The number of aryl methyl sites for hydroxylation is 3. The molecule has 1 aliphatic rings. The van der Waals surface area contributed by atoms with E-state index in [-0.39, 0.29) is 10.8 Å². The Bertz CT molecular complexity index is 1350. The first-order valence-electron chi connectivity index (χ1n) is 12.5. The van der Waals surface area contributed by atoms with Crippen molar-refractivity contribution in [2.75, 3.05) is 17.8 Å². The average molecular weight is 506 g/mol. The molecule has 7 heteroatoms. The number of carbonyl (C=O) groups is 1. The van der Waals surface area contributed by atoms with Gasteiger partial charge in [0.15, 0.2) is 0 Å². The first-order chi connectivity index (χ1) is 17.2. The van der Waals surface area contributed by atoms with Gasteiger partial charge in [0.1, 0.15) is 0 Å². The summed E-state index contributed by atoms with van der Waals surface area (Å²) in [7, 11) is -3.87. The van der Waals surface area contributed by atoms with Crippen molar-refractivity contribution in [1.82, 2.24) is 10.2 Å². The van der Waals surface area contributed by atoms with Gasteiger partial charge in [-0.2, -0.15) is 0 Å². The fourth-order valence-corrected chi connectivity index (χ4v) is 5.99. The van der Waals surface area contributed by atoms with Crippen LogP contribution in [-0.4, -0.2) is 32.3 Å². The Morgan fingerprint density at radius 1 is 0.861 bits per heavy atom. The summed E-state index contributed by atoms with van der Waals surface area (Å²) in [6, 6.07) is 18.6. The van der Waals surface area contributed by atoms with Crippen molar-refractivity contribution in [2.24, 2.45) is 0 Å². The smallest absolute Gasteiger partial charge is 0.262 e. The van der Waals surface area contributed by atoms with E-state index in [0.717, 1.165) is 36.3 Å². The SMILES string of the molecule is Cc1ccc(C)c(NS(=O)(=O)c2cc(C(=O)NCc3ccccc3CN3CCCCC3)ccc2C)c1. The molecule has 1 saturated heterocycles. The Morgan fingerprint density at radius 3 is 2.31 bits per heavy atom. The van der Waals surface area contributed by atoms with Crippen LogP contribution in [0.1, 0.15) is 57.4 Å². The highest BCUT2D eigenvalue weighted by Gasteiger charge is 2.20. The van der Waals surface area contributed by atoms with Gasteiger partial charge in [-0.05, 0) is 92.7 Å². The minimum absolute atomic E-state index is 0.0987. The van der Waals surface area contributed by atoms with Crippen LogP contribution in [-0.2, 0) is 23.1 Å². The van der Waals surface area contributed by atoms with Gasteiger partial charge in [0, 0.05) is 18.7 Å². The summed E-state index contributed by atoms with van der Waals surface area (Å²) in [5, 5.41) is 2.98. The Hall–Kier alpha value is -3.16. The maximum Gasteiger partial charge on any atom is 0.262 e. The lowest BCUT2D eigenvalue weighted by Crippen LogP contribution is -2.30. The van der Waals surface area contributed by atoms with Gasteiger partial charge in [0.05, 0.1) is 10.6 Å². The van der Waals surface area contributed by atoms with Crippen LogP contribution >= 0.6 is 0 Å². The second-order valence-electron chi connectivity index (χ2n) is 9.69. The van der Waals surface area contributed by atoms with Gasteiger partial charge in [-0.25, -0.2) is 8.42 Å². The number of nitrogens with zero attached hydrogens (tertiary/aromatic N) is 1. The van der Waals surface area contributed by atoms with Crippen molar-refractivity contribution < 1.29 is 13.2 Å². The lowest BCUT2D eigenvalue weighted by atomic mass is 10.0. The Labute approximate surface area is 214 Å². The van der Waals surface area contributed by atoms with Crippen LogP contribution in [0.4, 0.5) is 5.69 Å². The molecule has 2 N–H and O–H groups in total. The van der Waals surface area contributed by atoms with Crippen molar-refractivity contribution in [3.8, 4) is 0 Å². The van der Waals surface area contributed by atoms with Crippen LogP contribution in [0.25, 0.3) is 0 Å². The van der Waals surface area contributed by atoms with E-state index in [1.807, 2.05) is 44.2 Å². The molecular weight excluding hydrogens is 470 g/mol. The van der Waals surface area contributed by atoms with Crippen LogP contribution in [0.3, 0.4) is 0 Å². The van der Waals surface area contributed by atoms with Gasteiger partial charge in [-0.1, -0.05) is 48.9 Å². The number of benzene rings is 3. The molecule has 0 bridgehead atoms. The highest BCUT2D eigenvalue weighted by Crippen LogP contribution is 2.24. The highest BCUT2D eigenvalue weighted by molar-refractivity contribution is 7.92. The van der Waals surface area contributed by atoms with Crippen molar-refractivity contribution in [2.45, 2.75) is 58.0 Å². The summed E-state index contributed by atoms with van der Waals surface area (Å²) < 4.78 is 29.1. The molecule has 3 aromatic rings. The molecule has 36 heavy (non-hydrogen) atoms. The molecule has 1 heterocycles. The number of carbonyl (C=O) groups excluding carboxylic acids is 1. The molecule has 1 amide bonds. The van der Waals surface area contributed by atoms with E-state index in [9.17, 15) is 13.2 Å². The fourth-order valence-electron chi connectivity index (χ4n) is 4.60. The minimum Gasteiger partial charge on any atom is -0.348 e. The third-order valence-electron chi connectivity index (χ3n) is 6.78. The number of piperidine rings is 1. The van der Waals surface area contributed by atoms with Crippen LogP contribution in [0.2, 0.25) is 0 Å². The first kappa shape index (κ1) is 25.9. The van der Waals surface area contributed by atoms with Gasteiger partial charge in [-0.3, -0.25) is 14.4 Å². The zero-order valence-electron chi connectivity index (χ0n) is 21.3. The highest BCUT2D eigenvalue weighted by atomic mass is 32.2. The van der Waals surface area contributed by atoms with E-state index in [0.29, 0.717) is 23.4 Å². The molecule has 0 aliphatic carbocycles. The van der Waals surface area contributed by atoms with Gasteiger partial charge < -0.3 is 5.32 Å². The number of amides is 1. The van der Waals surface area contributed by atoms with E-state index in [2.05, 4.69) is 21.0 Å². The number of nitrogens with one attached hydrogen (secondary N) is 2. The Kier molecular flexibility index (Phi) is 8.11. The molecule has 1 aliphatic heterocycles. The number of sulfonamides is 1. The summed E-state index contributed by atoms with van der Waals surface area (Å²) in [5.74, 6) is -0.300. The van der Waals surface area contributed by atoms with Gasteiger partial charge in [0.2, 0.25) is 0 Å². The normalized spacial score (nSPS) is 14.4. The van der Waals surface area contributed by atoms with Crippen molar-refractivity contribution in [1.29, 1.82) is 0 Å². The second kappa shape index (κ2) is 11.3. The summed E-state index contributed by atoms with van der Waals surface area (Å²) in [5.41, 5.74) is 5.52. The van der Waals surface area contributed by atoms with Crippen molar-refractivity contribution in [3.63, 3.8) is 0 Å². The molecule has 0 saturated carbocycles. The summed E-state index contributed by atoms with van der Waals surface area (Å²) in [4.78, 5) is 15.6. The maximum absolute atomic E-state index is 13.2. The van der Waals surface area contributed by atoms with Crippen LogP contribution in [0, 0.1) is 20.8 Å². The molecule has 0 atom stereocenters. The lowest BCUT2D eigenvalue weighted by Gasteiger charge is -2.27. The van der Waals surface area contributed by atoms with Gasteiger partial charge in [-0.15, -0.1) is 0 Å². The topological polar surface area (TPSA) is 78.5 Å². The number of anilines is 1. The van der Waals surface area contributed by atoms with Crippen molar-refractivity contribution in [3.05, 3.63) is 94.0 Å². The van der Waals surface area contributed by atoms with E-state index in [1.165, 1.54) is 30.9 Å². The van der Waals surface area contributed by atoms with Gasteiger partial charge >= 0.3 is 0 Å². The summed E-state index contributed by atoms with van der Waals surface area (Å²) in [6.45, 7) is 8.99. The van der Waals surface area contributed by atoms with E-state index < -0.39 is 10.0 Å². The number of hydrogen-bond donors (Lipinski definition) is 2. The van der Waals surface area contributed by atoms with E-state index in [1.54, 1.807) is 25.1 Å². The molecule has 190 valence electrons. The molecule has 0 spiro atoms. The van der Waals surface area contributed by atoms with Gasteiger partial charge in [0.25, 0.3) is 15.9 Å². The average Bonchev–Trinajstić information content (AvgIpc) is 2.86. The number of rotatable bonds is 8. The van der Waals surface area contributed by atoms with Crippen LogP contribution in [0.15, 0.2) is 65.6 Å². The quantitative estimate of drug-likeness (QED) is 0.434. The zero-order valence-corrected chi connectivity index (χ0v) is 22.1. The summed E-state index contributed by atoms with van der Waals surface area (Å²) >= 11 is 0. The first-order valence-corrected chi connectivity index (χ1v) is 14.0. The molecule has 4 rings (SSSR count). The molecule has 0 radical (unpaired) electrons. The molecule has 3 aromatic carbocycles. The molecular formula is C29H35N3O3S. The van der Waals surface area contributed by atoms with Crippen LogP contribution in [0.5, 0.6) is 0 Å². The minimum atomic E-state index is -3.87. The lowest BCUT2D eigenvalue weighted by molar-refractivity contribution is 0.0950.